The number of nitrogens with two attached hydrogens (primary N) is 3. The number of amides is 1. The van der Waals surface area contributed by atoms with Gasteiger partial charge in [0, 0.05) is 17.5 Å². The van der Waals surface area contributed by atoms with Crippen LogP contribution >= 0.6 is 22.9 Å². The molecule has 0 unspecified atom stereocenters. The lowest BCUT2D eigenvalue weighted by atomic mass is 10.1. The predicted molar refractivity (Wildman–Crippen MR) is 150 cm³/mol. The van der Waals surface area contributed by atoms with E-state index >= 15 is 0 Å². The lowest BCUT2D eigenvalue weighted by Crippen LogP contribution is -2.35. The molecular formula is C26H21ClN6O7S. The van der Waals surface area contributed by atoms with Gasteiger partial charge in [-0.05, 0) is 53.9 Å². The molecule has 0 aliphatic rings. The van der Waals surface area contributed by atoms with Crippen molar-refractivity contribution in [2.45, 2.75) is 6.54 Å². The topological polar surface area (TPSA) is 214 Å². The largest absolute Gasteiger partial charge is 0.480 e. The molecule has 0 fully saturated rings. The fourth-order valence-corrected chi connectivity index (χ4v) is 4.90. The standard InChI is InChI=1S/C26H21ClN6O7S/c27-21-15(12-41-22(21)25(38)40-30)10-33(11-20(34)35)23(36)19-7-3-14-9-17(6-8-18(14)32-19)39-24(37)13-1-4-16(5-2-13)31-26(28)29/h1-9,12H,10-11,30H2,(H,34,35)(H4,28,29,31). The Morgan fingerprint density at radius 3 is 2.41 bits per heavy atom. The molecule has 41 heavy (non-hydrogen) atoms. The first-order chi connectivity index (χ1) is 19.5. The van der Waals surface area contributed by atoms with Crippen molar-refractivity contribution >= 4 is 69.3 Å². The minimum atomic E-state index is -1.26. The van der Waals surface area contributed by atoms with Crippen molar-refractivity contribution in [2.24, 2.45) is 22.4 Å². The number of aromatic nitrogens is 1. The van der Waals surface area contributed by atoms with Crippen molar-refractivity contribution in [2.75, 3.05) is 6.54 Å². The maximum atomic E-state index is 13.2. The highest BCUT2D eigenvalue weighted by molar-refractivity contribution is 7.12. The zero-order valence-corrected chi connectivity index (χ0v) is 22.5. The van der Waals surface area contributed by atoms with Gasteiger partial charge in [0.25, 0.3) is 5.91 Å². The van der Waals surface area contributed by atoms with E-state index in [9.17, 15) is 24.3 Å². The Hall–Kier alpha value is -5.05. The van der Waals surface area contributed by atoms with Gasteiger partial charge < -0.3 is 31.0 Å². The number of carbonyl (C=O) groups is 4. The number of carboxylic acid groups (broad SMARTS) is 1. The minimum Gasteiger partial charge on any atom is -0.480 e. The van der Waals surface area contributed by atoms with Crippen LogP contribution in [-0.2, 0) is 16.2 Å². The summed E-state index contributed by atoms with van der Waals surface area (Å²) in [5.41, 5.74) is 12.1. The van der Waals surface area contributed by atoms with Crippen LogP contribution in [0.15, 0.2) is 65.0 Å². The number of thiophene rings is 1. The number of aliphatic imine (C=N–C) groups is 1. The number of hydrogen-bond acceptors (Lipinski definition) is 10. The molecule has 2 aromatic carbocycles. The smallest absolute Gasteiger partial charge is 0.368 e. The van der Waals surface area contributed by atoms with Crippen molar-refractivity contribution in [3.8, 4) is 5.75 Å². The third kappa shape index (κ3) is 6.94. The molecule has 4 rings (SSSR count). The Bertz CT molecular complexity index is 1690. The van der Waals surface area contributed by atoms with Crippen LogP contribution in [0, 0.1) is 0 Å². The van der Waals surface area contributed by atoms with Crippen LogP contribution in [0.5, 0.6) is 5.75 Å². The monoisotopic (exact) mass is 596 g/mol. The average molecular weight is 597 g/mol. The number of carboxylic acids is 1. The van der Waals surface area contributed by atoms with Gasteiger partial charge in [-0.2, -0.15) is 5.90 Å². The molecule has 0 spiro atoms. The number of ether oxygens (including phenoxy) is 1. The van der Waals surface area contributed by atoms with Gasteiger partial charge in [-0.15, -0.1) is 11.3 Å². The van der Waals surface area contributed by atoms with Crippen LogP contribution in [0.2, 0.25) is 5.02 Å². The lowest BCUT2D eigenvalue weighted by molar-refractivity contribution is -0.137. The van der Waals surface area contributed by atoms with Crippen LogP contribution in [-0.4, -0.2) is 51.3 Å². The van der Waals surface area contributed by atoms with Crippen molar-refractivity contribution < 1.29 is 33.9 Å². The molecule has 15 heteroatoms. The second-order valence-electron chi connectivity index (χ2n) is 8.39. The van der Waals surface area contributed by atoms with E-state index in [1.54, 1.807) is 30.3 Å². The van der Waals surface area contributed by atoms with Gasteiger partial charge >= 0.3 is 17.9 Å². The SMILES string of the molecule is NOC(=O)c1scc(CN(CC(=O)O)C(=O)c2ccc3cc(OC(=O)c4ccc(N=C(N)N)cc4)ccc3n2)c1Cl. The first kappa shape index (κ1) is 28.9. The summed E-state index contributed by atoms with van der Waals surface area (Å²) in [7, 11) is 0. The summed E-state index contributed by atoms with van der Waals surface area (Å²) in [5.74, 6) is 1.63. The first-order valence-electron chi connectivity index (χ1n) is 11.6. The second-order valence-corrected chi connectivity index (χ2v) is 9.65. The Labute approximate surface area is 240 Å². The second kappa shape index (κ2) is 12.4. The third-order valence-electron chi connectivity index (χ3n) is 5.52. The molecule has 0 bridgehead atoms. The van der Waals surface area contributed by atoms with E-state index in [-0.39, 0.29) is 39.4 Å². The van der Waals surface area contributed by atoms with Gasteiger partial charge in [-0.1, -0.05) is 17.7 Å². The summed E-state index contributed by atoms with van der Waals surface area (Å²) in [6.07, 6.45) is 0. The summed E-state index contributed by atoms with van der Waals surface area (Å²) in [6, 6.07) is 13.8. The molecule has 0 saturated heterocycles. The van der Waals surface area contributed by atoms with Gasteiger partial charge in [-0.25, -0.2) is 19.6 Å². The maximum absolute atomic E-state index is 13.2. The van der Waals surface area contributed by atoms with Crippen LogP contribution in [0.25, 0.3) is 10.9 Å². The van der Waals surface area contributed by atoms with Crippen molar-refractivity contribution in [3.05, 3.63) is 86.7 Å². The first-order valence-corrected chi connectivity index (χ1v) is 12.8. The molecule has 0 aliphatic heterocycles. The minimum absolute atomic E-state index is 0.00638. The Morgan fingerprint density at radius 2 is 1.76 bits per heavy atom. The van der Waals surface area contributed by atoms with E-state index in [0.717, 1.165) is 16.2 Å². The number of halogens is 1. The van der Waals surface area contributed by atoms with Crippen LogP contribution in [0.1, 0.15) is 36.1 Å². The number of guanidine groups is 1. The molecule has 210 valence electrons. The Balaban J connectivity index is 1.52. The molecule has 0 saturated carbocycles. The van der Waals surface area contributed by atoms with E-state index in [0.29, 0.717) is 22.2 Å². The molecule has 2 heterocycles. The van der Waals surface area contributed by atoms with Crippen LogP contribution in [0.4, 0.5) is 5.69 Å². The summed E-state index contributed by atoms with van der Waals surface area (Å²) in [4.78, 5) is 62.5. The Kier molecular flexibility index (Phi) is 8.77. The van der Waals surface area contributed by atoms with Gasteiger partial charge in [-0.3, -0.25) is 9.59 Å². The van der Waals surface area contributed by atoms with Crippen LogP contribution < -0.4 is 22.1 Å². The fraction of sp³-hybridized carbons (Fsp3) is 0.0769. The highest BCUT2D eigenvalue weighted by Gasteiger charge is 2.24. The molecular weight excluding hydrogens is 576 g/mol. The molecule has 4 aromatic rings. The Morgan fingerprint density at radius 1 is 1.02 bits per heavy atom. The number of carbonyl (C=O) groups excluding carboxylic acids is 3. The van der Waals surface area contributed by atoms with E-state index in [4.69, 9.17) is 33.7 Å². The summed E-state index contributed by atoms with van der Waals surface area (Å²) in [5, 5.41) is 11.4. The number of pyridine rings is 1. The van der Waals surface area contributed by atoms with Crippen molar-refractivity contribution in [1.82, 2.24) is 9.88 Å². The number of benzene rings is 2. The molecule has 13 nitrogen and oxygen atoms in total. The summed E-state index contributed by atoms with van der Waals surface area (Å²) >= 11 is 7.17. The van der Waals surface area contributed by atoms with Gasteiger partial charge in [0.2, 0.25) is 0 Å². The fourth-order valence-electron chi connectivity index (χ4n) is 3.68. The van der Waals surface area contributed by atoms with Crippen molar-refractivity contribution in [1.29, 1.82) is 0 Å². The molecule has 2 aromatic heterocycles. The lowest BCUT2D eigenvalue weighted by Gasteiger charge is -2.20. The number of aliphatic carboxylic acids is 1. The highest BCUT2D eigenvalue weighted by atomic mass is 35.5. The zero-order valence-electron chi connectivity index (χ0n) is 20.9. The molecule has 0 radical (unpaired) electrons. The zero-order chi connectivity index (χ0) is 29.7. The number of fused-ring (bicyclic) bond motifs is 1. The molecule has 1 amide bonds. The van der Waals surface area contributed by atoms with E-state index < -0.39 is 30.4 Å². The predicted octanol–water partition coefficient (Wildman–Crippen LogP) is 2.83. The van der Waals surface area contributed by atoms with E-state index in [1.807, 2.05) is 0 Å². The maximum Gasteiger partial charge on any atom is 0.368 e. The summed E-state index contributed by atoms with van der Waals surface area (Å²) in [6.45, 7) is -0.858. The normalized spacial score (nSPS) is 10.6. The summed E-state index contributed by atoms with van der Waals surface area (Å²) < 4.78 is 5.45. The van der Waals surface area contributed by atoms with E-state index in [2.05, 4.69) is 14.8 Å². The average Bonchev–Trinajstić information content (AvgIpc) is 3.30. The molecule has 7 N–H and O–H groups in total. The number of esters is 1. The van der Waals surface area contributed by atoms with Crippen LogP contribution in [0.3, 0.4) is 0 Å². The van der Waals surface area contributed by atoms with Gasteiger partial charge in [0.1, 0.15) is 22.9 Å². The third-order valence-corrected chi connectivity index (χ3v) is 7.07. The van der Waals surface area contributed by atoms with Gasteiger partial charge in [0.05, 0.1) is 21.8 Å². The number of nitrogens with zero attached hydrogens (tertiary/aromatic N) is 3. The number of rotatable bonds is 9. The highest BCUT2D eigenvalue weighted by Crippen LogP contribution is 2.30. The van der Waals surface area contributed by atoms with Gasteiger partial charge in [0.15, 0.2) is 5.96 Å². The molecule has 0 atom stereocenters. The van der Waals surface area contributed by atoms with E-state index in [1.165, 1.54) is 29.6 Å². The number of hydrogen-bond donors (Lipinski definition) is 4. The molecule has 0 aliphatic carbocycles. The quantitative estimate of drug-likeness (QED) is 0.0724. The van der Waals surface area contributed by atoms with Crippen molar-refractivity contribution in [3.63, 3.8) is 0 Å².